The Morgan fingerprint density at radius 1 is 1.09 bits per heavy atom. The predicted octanol–water partition coefficient (Wildman–Crippen LogP) is 0.604. The normalized spacial score (nSPS) is 31.1. The van der Waals surface area contributed by atoms with E-state index in [2.05, 4.69) is 10.3 Å². The minimum absolute atomic E-state index is 0.00341. The van der Waals surface area contributed by atoms with E-state index in [1.165, 1.54) is 0 Å². The van der Waals surface area contributed by atoms with Crippen molar-refractivity contribution in [3.8, 4) is 0 Å². The number of hydrogen-bond acceptors (Lipinski definition) is 10. The fourth-order valence-electron chi connectivity index (χ4n) is 5.45. The van der Waals surface area contributed by atoms with Crippen molar-refractivity contribution in [2.45, 2.75) is 89.3 Å². The Morgan fingerprint density at radius 3 is 2.42 bits per heavy atom. The standard InChI is InChI=1S/C31H45N3O9/c1-4-6-20-13-22(33-21(20)5-2)29(38)34-26-28(27(37)24(15-36)42-30(26)39)41-16-19-9-7-18(8-10-19)11-12-40-31-25(32)17(3)23(14-35)43-31/h4,6-10,13,17,23-28,30-31,33,35-37,39H,5,11-12,14-16,32H2,1-3H3,(H,34,38)/b6-4-/t17-,23?,24?,25?,26?,27?,28?,30?,31?/m0/s1. The van der Waals surface area contributed by atoms with Gasteiger partial charge in [0.05, 0.1) is 38.6 Å². The molecule has 2 fully saturated rings. The largest absolute Gasteiger partial charge is 0.394 e. The molecule has 1 aromatic carbocycles. The van der Waals surface area contributed by atoms with Crippen molar-refractivity contribution in [3.63, 3.8) is 0 Å². The fraction of sp³-hybridized carbons (Fsp3) is 0.581. The van der Waals surface area contributed by atoms with Crippen LogP contribution in [0.2, 0.25) is 0 Å². The zero-order valence-electron chi connectivity index (χ0n) is 24.9. The molecule has 4 rings (SSSR count). The minimum Gasteiger partial charge on any atom is -0.394 e. The highest BCUT2D eigenvalue weighted by atomic mass is 16.7. The number of carbonyl (C=O) groups excluding carboxylic acids is 1. The number of amides is 1. The van der Waals surface area contributed by atoms with E-state index in [4.69, 9.17) is 24.7 Å². The molecular formula is C31H45N3O9. The number of nitrogens with one attached hydrogen (secondary N) is 2. The molecule has 0 aliphatic carbocycles. The zero-order chi connectivity index (χ0) is 31.1. The van der Waals surface area contributed by atoms with Crippen LogP contribution >= 0.6 is 0 Å². The number of rotatable bonds is 13. The summed E-state index contributed by atoms with van der Waals surface area (Å²) >= 11 is 0. The van der Waals surface area contributed by atoms with E-state index in [9.17, 15) is 25.2 Å². The lowest BCUT2D eigenvalue weighted by Crippen LogP contribution is -2.64. The fourth-order valence-corrected chi connectivity index (χ4v) is 5.45. The number of benzene rings is 1. The van der Waals surface area contributed by atoms with Gasteiger partial charge in [0.2, 0.25) is 0 Å². The number of aryl methyl sites for hydroxylation is 1. The van der Waals surface area contributed by atoms with E-state index in [-0.39, 0.29) is 31.3 Å². The second-order valence-electron chi connectivity index (χ2n) is 11.1. The van der Waals surface area contributed by atoms with Gasteiger partial charge in [-0.2, -0.15) is 0 Å². The number of aromatic nitrogens is 1. The smallest absolute Gasteiger partial charge is 0.268 e. The first-order valence-electron chi connectivity index (χ1n) is 14.8. The van der Waals surface area contributed by atoms with E-state index < -0.39 is 49.4 Å². The predicted molar refractivity (Wildman–Crippen MR) is 158 cm³/mol. The third-order valence-electron chi connectivity index (χ3n) is 8.18. The molecule has 8 N–H and O–H groups in total. The average molecular weight is 604 g/mol. The number of allylic oxidation sites excluding steroid dienone is 1. The van der Waals surface area contributed by atoms with Gasteiger partial charge in [-0.05, 0) is 42.5 Å². The molecule has 43 heavy (non-hydrogen) atoms. The van der Waals surface area contributed by atoms with Crippen LogP contribution in [0.4, 0.5) is 0 Å². The number of ether oxygens (including phenoxy) is 4. The van der Waals surface area contributed by atoms with Gasteiger partial charge in [0, 0.05) is 11.6 Å². The summed E-state index contributed by atoms with van der Waals surface area (Å²) in [5.41, 5.74) is 10.1. The first-order valence-corrected chi connectivity index (χ1v) is 14.8. The lowest BCUT2D eigenvalue weighted by molar-refractivity contribution is -0.262. The van der Waals surface area contributed by atoms with E-state index in [0.29, 0.717) is 25.1 Å². The Kier molecular flexibility index (Phi) is 11.9. The van der Waals surface area contributed by atoms with Gasteiger partial charge in [-0.1, -0.05) is 50.3 Å². The van der Waals surface area contributed by atoms with Crippen molar-refractivity contribution >= 4 is 12.0 Å². The van der Waals surface area contributed by atoms with Crippen LogP contribution in [0.3, 0.4) is 0 Å². The Balaban J connectivity index is 1.36. The Bertz CT molecular complexity index is 1200. The first kappa shape index (κ1) is 33.2. The van der Waals surface area contributed by atoms with Gasteiger partial charge < -0.3 is 55.4 Å². The maximum absolute atomic E-state index is 13.1. The molecule has 2 aromatic rings. The highest BCUT2D eigenvalue weighted by Gasteiger charge is 2.46. The number of aliphatic hydroxyl groups excluding tert-OH is 4. The summed E-state index contributed by atoms with van der Waals surface area (Å²) in [7, 11) is 0. The van der Waals surface area contributed by atoms with E-state index >= 15 is 0 Å². The molecule has 12 heteroatoms. The summed E-state index contributed by atoms with van der Waals surface area (Å²) in [6, 6.07) is 7.94. The monoisotopic (exact) mass is 603 g/mol. The highest BCUT2D eigenvalue weighted by Crippen LogP contribution is 2.27. The summed E-state index contributed by atoms with van der Waals surface area (Å²) in [4.78, 5) is 16.2. The van der Waals surface area contributed by atoms with Crippen LogP contribution < -0.4 is 11.1 Å². The molecule has 0 spiro atoms. The zero-order valence-corrected chi connectivity index (χ0v) is 24.9. The van der Waals surface area contributed by atoms with Crippen molar-refractivity contribution in [1.82, 2.24) is 10.3 Å². The average Bonchev–Trinajstić information content (AvgIpc) is 3.55. The molecule has 2 saturated heterocycles. The van der Waals surface area contributed by atoms with Crippen molar-refractivity contribution < 1.29 is 44.2 Å². The van der Waals surface area contributed by atoms with Crippen LogP contribution in [0.1, 0.15) is 53.6 Å². The van der Waals surface area contributed by atoms with Gasteiger partial charge in [0.1, 0.15) is 30.0 Å². The Labute approximate surface area is 251 Å². The highest BCUT2D eigenvalue weighted by molar-refractivity contribution is 5.93. The van der Waals surface area contributed by atoms with Crippen LogP contribution in [0.25, 0.3) is 6.08 Å². The summed E-state index contributed by atoms with van der Waals surface area (Å²) in [5, 5.41) is 43.4. The van der Waals surface area contributed by atoms with Crippen LogP contribution in [0.15, 0.2) is 36.4 Å². The quantitative estimate of drug-likeness (QED) is 0.171. The molecule has 9 atom stereocenters. The van der Waals surface area contributed by atoms with Gasteiger partial charge in [0.15, 0.2) is 12.6 Å². The SMILES string of the molecule is C/C=C\c1cc(C(=O)NC2C(O)OC(CO)C(O)C2OCc2ccc(CCOC3OC(CO)[C@H](C)C3N)cc2)[nH]c1CC. The number of H-pyrrole nitrogens is 1. The molecule has 0 bridgehead atoms. The van der Waals surface area contributed by atoms with Crippen molar-refractivity contribution in [2.24, 2.45) is 11.7 Å². The Morgan fingerprint density at radius 2 is 1.79 bits per heavy atom. The molecule has 8 unspecified atom stereocenters. The summed E-state index contributed by atoms with van der Waals surface area (Å²) in [6.45, 7) is 5.64. The van der Waals surface area contributed by atoms with Crippen LogP contribution in [0.5, 0.6) is 0 Å². The number of aromatic amines is 1. The third kappa shape index (κ3) is 7.90. The van der Waals surface area contributed by atoms with Crippen LogP contribution in [-0.4, -0.2) is 100 Å². The number of carbonyl (C=O) groups is 1. The number of hydrogen-bond donors (Lipinski definition) is 7. The van der Waals surface area contributed by atoms with Gasteiger partial charge in [0.25, 0.3) is 5.91 Å². The van der Waals surface area contributed by atoms with E-state index in [0.717, 1.165) is 22.4 Å². The second kappa shape index (κ2) is 15.4. The van der Waals surface area contributed by atoms with Gasteiger partial charge in [-0.3, -0.25) is 4.79 Å². The molecule has 0 radical (unpaired) electrons. The van der Waals surface area contributed by atoms with Gasteiger partial charge >= 0.3 is 0 Å². The molecule has 12 nitrogen and oxygen atoms in total. The van der Waals surface area contributed by atoms with E-state index in [1.807, 2.05) is 57.2 Å². The summed E-state index contributed by atoms with van der Waals surface area (Å²) in [6.07, 6.45) is -0.740. The van der Waals surface area contributed by atoms with Crippen molar-refractivity contribution in [3.05, 3.63) is 64.5 Å². The molecular weight excluding hydrogens is 558 g/mol. The van der Waals surface area contributed by atoms with Crippen molar-refractivity contribution in [1.29, 1.82) is 0 Å². The molecule has 2 aliphatic rings. The maximum atomic E-state index is 13.1. The lowest BCUT2D eigenvalue weighted by atomic mass is 9.96. The maximum Gasteiger partial charge on any atom is 0.268 e. The molecule has 238 valence electrons. The second-order valence-corrected chi connectivity index (χ2v) is 11.1. The topological polar surface area (TPSA) is 189 Å². The van der Waals surface area contributed by atoms with Crippen molar-refractivity contribution in [2.75, 3.05) is 19.8 Å². The number of nitrogens with two attached hydrogens (primary N) is 1. The summed E-state index contributed by atoms with van der Waals surface area (Å²) < 4.78 is 22.9. The molecule has 0 saturated carbocycles. The van der Waals surface area contributed by atoms with Gasteiger partial charge in [-0.25, -0.2) is 0 Å². The van der Waals surface area contributed by atoms with Gasteiger partial charge in [-0.15, -0.1) is 0 Å². The molecule has 1 aromatic heterocycles. The van der Waals surface area contributed by atoms with Crippen LogP contribution in [-0.2, 0) is 38.4 Å². The molecule has 3 heterocycles. The van der Waals surface area contributed by atoms with Crippen LogP contribution in [0, 0.1) is 5.92 Å². The Hall–Kier alpha value is -2.65. The summed E-state index contributed by atoms with van der Waals surface area (Å²) in [5.74, 6) is -0.484. The third-order valence-corrected chi connectivity index (χ3v) is 8.18. The lowest BCUT2D eigenvalue weighted by Gasteiger charge is -2.42. The number of aliphatic hydroxyl groups is 4. The van der Waals surface area contributed by atoms with E-state index in [1.54, 1.807) is 6.07 Å². The first-order chi connectivity index (χ1) is 20.7. The molecule has 1 amide bonds. The minimum atomic E-state index is -1.51. The molecule has 2 aliphatic heterocycles.